The standard InChI is InChI=1S/C15H22ClNO3S/c16-14-6-3-7-15(10-14)20-11-13-5-2-1-4-12(13)8-9-17-21(18)19/h3,6-7,10,12-13,17H,1-2,4-5,8-9,11H2,(H,18,19)/p-1. The van der Waals surface area contributed by atoms with E-state index in [0.717, 1.165) is 25.0 Å². The minimum absolute atomic E-state index is 0.486. The van der Waals surface area contributed by atoms with Gasteiger partial charge in [0.1, 0.15) is 5.75 Å². The number of ether oxygens (including phenoxy) is 1. The van der Waals surface area contributed by atoms with Crippen LogP contribution in [-0.4, -0.2) is 21.9 Å². The molecule has 0 saturated heterocycles. The van der Waals surface area contributed by atoms with Crippen molar-refractivity contribution in [2.24, 2.45) is 11.8 Å². The number of hydrogen-bond donors (Lipinski definition) is 1. The van der Waals surface area contributed by atoms with E-state index in [-0.39, 0.29) is 0 Å². The Morgan fingerprint density at radius 3 is 2.81 bits per heavy atom. The van der Waals surface area contributed by atoms with Gasteiger partial charge in [0, 0.05) is 22.8 Å². The third kappa shape index (κ3) is 5.94. The van der Waals surface area contributed by atoms with Gasteiger partial charge < -0.3 is 9.29 Å². The second-order valence-corrected chi connectivity index (χ2v) is 6.69. The molecule has 1 aliphatic carbocycles. The molecule has 4 nitrogen and oxygen atoms in total. The van der Waals surface area contributed by atoms with Crippen molar-refractivity contribution < 1.29 is 13.5 Å². The quantitative estimate of drug-likeness (QED) is 0.780. The lowest BCUT2D eigenvalue weighted by Gasteiger charge is -2.31. The Morgan fingerprint density at radius 2 is 2.10 bits per heavy atom. The fourth-order valence-corrected chi connectivity index (χ4v) is 3.44. The van der Waals surface area contributed by atoms with Crippen LogP contribution in [0.4, 0.5) is 0 Å². The summed E-state index contributed by atoms with van der Waals surface area (Å²) in [4.78, 5) is 0. The largest absolute Gasteiger partial charge is 0.760 e. The predicted molar refractivity (Wildman–Crippen MR) is 83.9 cm³/mol. The van der Waals surface area contributed by atoms with Gasteiger partial charge >= 0.3 is 0 Å². The van der Waals surface area contributed by atoms with Gasteiger partial charge in [-0.25, -0.2) is 4.72 Å². The van der Waals surface area contributed by atoms with Gasteiger partial charge in [-0.2, -0.15) is 0 Å². The third-order valence-electron chi connectivity index (χ3n) is 4.06. The van der Waals surface area contributed by atoms with Crippen molar-refractivity contribution >= 4 is 22.9 Å². The highest BCUT2D eigenvalue weighted by Crippen LogP contribution is 2.33. The molecule has 0 aromatic heterocycles. The molecule has 1 aromatic carbocycles. The zero-order chi connectivity index (χ0) is 15.1. The van der Waals surface area contributed by atoms with Crippen LogP contribution in [0.15, 0.2) is 24.3 Å². The zero-order valence-corrected chi connectivity index (χ0v) is 13.5. The Morgan fingerprint density at radius 1 is 1.33 bits per heavy atom. The lowest BCUT2D eigenvalue weighted by molar-refractivity contribution is 0.143. The second kappa shape index (κ2) is 8.73. The van der Waals surface area contributed by atoms with Gasteiger partial charge in [-0.3, -0.25) is 4.21 Å². The number of hydrogen-bond acceptors (Lipinski definition) is 3. The molecule has 118 valence electrons. The number of benzene rings is 1. The van der Waals surface area contributed by atoms with Crippen LogP contribution in [0.2, 0.25) is 5.02 Å². The van der Waals surface area contributed by atoms with Crippen LogP contribution >= 0.6 is 11.6 Å². The SMILES string of the molecule is O=S([O-])NCCC1CCCCC1COc1cccc(Cl)c1. The van der Waals surface area contributed by atoms with Crippen LogP contribution < -0.4 is 9.46 Å². The number of nitrogens with one attached hydrogen (secondary N) is 1. The highest BCUT2D eigenvalue weighted by atomic mass is 35.5. The van der Waals surface area contributed by atoms with Crippen molar-refractivity contribution in [3.63, 3.8) is 0 Å². The maximum atomic E-state index is 10.5. The van der Waals surface area contributed by atoms with Crippen LogP contribution in [-0.2, 0) is 11.3 Å². The summed E-state index contributed by atoms with van der Waals surface area (Å²) in [7, 11) is 0. The molecule has 1 aliphatic rings. The molecule has 3 atom stereocenters. The molecular formula is C15H21ClNO3S-. The van der Waals surface area contributed by atoms with E-state index in [0.29, 0.717) is 30.0 Å². The first kappa shape index (κ1) is 16.7. The van der Waals surface area contributed by atoms with E-state index in [1.165, 1.54) is 12.8 Å². The molecule has 6 heteroatoms. The molecule has 0 bridgehead atoms. The van der Waals surface area contributed by atoms with Crippen LogP contribution in [0.25, 0.3) is 0 Å². The maximum absolute atomic E-state index is 10.5. The van der Waals surface area contributed by atoms with E-state index in [9.17, 15) is 8.76 Å². The molecule has 1 N–H and O–H groups in total. The molecule has 0 amide bonds. The molecule has 0 spiro atoms. The molecule has 1 aromatic rings. The molecular weight excluding hydrogens is 310 g/mol. The highest BCUT2D eigenvalue weighted by molar-refractivity contribution is 7.77. The first-order valence-electron chi connectivity index (χ1n) is 7.36. The molecule has 1 fully saturated rings. The van der Waals surface area contributed by atoms with Crippen molar-refractivity contribution in [2.75, 3.05) is 13.2 Å². The third-order valence-corrected chi connectivity index (χ3v) is 4.74. The lowest BCUT2D eigenvalue weighted by Crippen LogP contribution is -2.29. The first-order valence-corrected chi connectivity index (χ1v) is 8.81. The number of rotatable bonds is 7. The maximum Gasteiger partial charge on any atom is 0.120 e. The smallest absolute Gasteiger partial charge is 0.120 e. The zero-order valence-electron chi connectivity index (χ0n) is 11.9. The Bertz CT molecular complexity index is 472. The van der Waals surface area contributed by atoms with E-state index >= 15 is 0 Å². The van der Waals surface area contributed by atoms with E-state index < -0.39 is 11.3 Å². The van der Waals surface area contributed by atoms with E-state index in [2.05, 4.69) is 4.72 Å². The van der Waals surface area contributed by atoms with Crippen molar-refractivity contribution in [3.05, 3.63) is 29.3 Å². The summed E-state index contributed by atoms with van der Waals surface area (Å²) < 4.78 is 29.3. The normalized spacial score (nSPS) is 23.7. The second-order valence-electron chi connectivity index (χ2n) is 5.49. The lowest BCUT2D eigenvalue weighted by atomic mass is 9.78. The van der Waals surface area contributed by atoms with Crippen LogP contribution in [0.5, 0.6) is 5.75 Å². The summed E-state index contributed by atoms with van der Waals surface area (Å²) in [5.41, 5.74) is 0. The molecule has 0 radical (unpaired) electrons. The monoisotopic (exact) mass is 330 g/mol. The van der Waals surface area contributed by atoms with Crippen LogP contribution in [0.3, 0.4) is 0 Å². The van der Waals surface area contributed by atoms with Gasteiger partial charge in [0.2, 0.25) is 0 Å². The molecule has 2 rings (SSSR count). The van der Waals surface area contributed by atoms with E-state index in [1.807, 2.05) is 24.3 Å². The fraction of sp³-hybridized carbons (Fsp3) is 0.600. The van der Waals surface area contributed by atoms with Crippen molar-refractivity contribution in [3.8, 4) is 5.75 Å². The summed E-state index contributed by atoms with van der Waals surface area (Å²) >= 11 is 3.78. The van der Waals surface area contributed by atoms with Gasteiger partial charge in [-0.1, -0.05) is 36.9 Å². The summed E-state index contributed by atoms with van der Waals surface area (Å²) in [5.74, 6) is 1.80. The van der Waals surface area contributed by atoms with E-state index in [1.54, 1.807) is 0 Å². The Balaban J connectivity index is 1.82. The summed E-state index contributed by atoms with van der Waals surface area (Å²) in [5, 5.41) is 0.676. The molecule has 0 aliphatic heterocycles. The van der Waals surface area contributed by atoms with Gasteiger partial charge in [0.15, 0.2) is 0 Å². The van der Waals surface area contributed by atoms with Gasteiger partial charge in [0.05, 0.1) is 6.61 Å². The van der Waals surface area contributed by atoms with Gasteiger partial charge in [-0.05, 0) is 42.9 Å². The van der Waals surface area contributed by atoms with Crippen molar-refractivity contribution in [1.29, 1.82) is 0 Å². The summed E-state index contributed by atoms with van der Waals surface area (Å²) in [6.07, 6.45) is 5.61. The molecule has 1 saturated carbocycles. The average molecular weight is 331 g/mol. The molecule has 21 heavy (non-hydrogen) atoms. The Labute approximate surface area is 133 Å². The average Bonchev–Trinajstić information content (AvgIpc) is 2.46. The summed E-state index contributed by atoms with van der Waals surface area (Å²) in [6, 6.07) is 7.43. The van der Waals surface area contributed by atoms with Gasteiger partial charge in [-0.15, -0.1) is 0 Å². The van der Waals surface area contributed by atoms with Crippen LogP contribution in [0.1, 0.15) is 32.1 Å². The van der Waals surface area contributed by atoms with E-state index in [4.69, 9.17) is 16.3 Å². The minimum Gasteiger partial charge on any atom is -0.760 e. The first-order chi connectivity index (χ1) is 10.1. The Kier molecular flexibility index (Phi) is 6.96. The van der Waals surface area contributed by atoms with Crippen LogP contribution in [0, 0.1) is 11.8 Å². The predicted octanol–water partition coefficient (Wildman–Crippen LogP) is 3.30. The minimum atomic E-state index is -2.16. The fourth-order valence-electron chi connectivity index (χ4n) is 2.97. The van der Waals surface area contributed by atoms with Gasteiger partial charge in [0.25, 0.3) is 0 Å². The number of halogens is 1. The highest BCUT2D eigenvalue weighted by Gasteiger charge is 2.25. The molecule has 3 unspecified atom stereocenters. The Hall–Kier alpha value is -0.620. The van der Waals surface area contributed by atoms with Crippen molar-refractivity contribution in [2.45, 2.75) is 32.1 Å². The topological polar surface area (TPSA) is 61.4 Å². The molecule has 0 heterocycles. The van der Waals surface area contributed by atoms with Crippen molar-refractivity contribution in [1.82, 2.24) is 4.72 Å². The summed E-state index contributed by atoms with van der Waals surface area (Å²) in [6.45, 7) is 1.18.